The Balaban J connectivity index is 2.18. The van der Waals surface area contributed by atoms with Gasteiger partial charge in [-0.25, -0.2) is 9.18 Å². The Morgan fingerprint density at radius 3 is 3.11 bits per heavy atom. The van der Waals surface area contributed by atoms with Crippen LogP contribution in [-0.4, -0.2) is 24.6 Å². The molecule has 0 spiro atoms. The van der Waals surface area contributed by atoms with Crippen molar-refractivity contribution in [2.75, 3.05) is 13.7 Å². The maximum Gasteiger partial charge on any atom is 0.329 e. The molecule has 94 valence electrons. The first-order valence-corrected chi connectivity index (χ1v) is 5.82. The normalized spacial score (nSPS) is 18.7. The number of hydrogen-bond acceptors (Lipinski definition) is 3. The summed E-state index contributed by atoms with van der Waals surface area (Å²) < 4.78 is 18.1. The molecule has 18 heavy (non-hydrogen) atoms. The van der Waals surface area contributed by atoms with Crippen LogP contribution in [0.3, 0.4) is 0 Å². The highest BCUT2D eigenvalue weighted by Gasteiger charge is 2.29. The molecule has 2 aromatic rings. The fourth-order valence-electron chi connectivity index (χ4n) is 2.52. The van der Waals surface area contributed by atoms with Crippen LogP contribution in [0, 0.1) is 5.82 Å². The van der Waals surface area contributed by atoms with Gasteiger partial charge in [0.15, 0.2) is 0 Å². The highest BCUT2D eigenvalue weighted by molar-refractivity contribution is 5.88. The van der Waals surface area contributed by atoms with Crippen LogP contribution in [0.25, 0.3) is 10.9 Å². The number of carbonyl (C=O) groups excluding carboxylic acids is 1. The number of aromatic nitrogens is 1. The minimum atomic E-state index is -0.491. The number of ether oxygens (including phenoxy) is 1. The maximum absolute atomic E-state index is 13.3. The number of H-pyrrole nitrogens is 1. The predicted molar refractivity (Wildman–Crippen MR) is 64.7 cm³/mol. The number of rotatable bonds is 1. The first-order valence-electron chi connectivity index (χ1n) is 5.82. The van der Waals surface area contributed by atoms with E-state index in [4.69, 9.17) is 4.74 Å². The lowest BCUT2D eigenvalue weighted by Crippen LogP contribution is -2.35. The second-order valence-electron chi connectivity index (χ2n) is 4.37. The molecule has 0 bridgehead atoms. The molecule has 3 rings (SSSR count). The lowest BCUT2D eigenvalue weighted by atomic mass is 9.99. The summed E-state index contributed by atoms with van der Waals surface area (Å²) in [6.45, 7) is 0.677. The third-order valence-corrected chi connectivity index (χ3v) is 3.35. The van der Waals surface area contributed by atoms with Gasteiger partial charge < -0.3 is 9.72 Å². The van der Waals surface area contributed by atoms with Gasteiger partial charge in [-0.2, -0.15) is 0 Å². The van der Waals surface area contributed by atoms with Crippen molar-refractivity contribution in [3.8, 4) is 0 Å². The first-order chi connectivity index (χ1) is 8.70. The van der Waals surface area contributed by atoms with Crippen LogP contribution in [-0.2, 0) is 16.0 Å². The molecular formula is C13H13FN2O2. The smallest absolute Gasteiger partial charge is 0.329 e. The molecule has 1 aromatic carbocycles. The van der Waals surface area contributed by atoms with Gasteiger partial charge in [0.05, 0.1) is 7.11 Å². The number of nitrogens with one attached hydrogen (secondary N) is 2. The van der Waals surface area contributed by atoms with Crippen molar-refractivity contribution < 1.29 is 13.9 Å². The minimum absolute atomic E-state index is 0.266. The standard InChI is InChI=1S/C13H13FN2O2/c1-18-13(17)12-11-8(4-5-15-12)9-6-7(14)2-3-10(9)16-11/h2-3,6,12,15-16H,4-5H2,1H3. The molecular weight excluding hydrogens is 235 g/mol. The second kappa shape index (κ2) is 4.10. The number of carbonyl (C=O) groups is 1. The number of hydrogen-bond donors (Lipinski definition) is 2. The van der Waals surface area contributed by atoms with Crippen LogP contribution in [0.4, 0.5) is 4.39 Å². The third-order valence-electron chi connectivity index (χ3n) is 3.35. The molecule has 5 heteroatoms. The Morgan fingerprint density at radius 2 is 2.33 bits per heavy atom. The van der Waals surface area contributed by atoms with E-state index < -0.39 is 6.04 Å². The number of methoxy groups -OCH3 is 1. The van der Waals surface area contributed by atoms with Crippen molar-refractivity contribution in [2.45, 2.75) is 12.5 Å². The summed E-state index contributed by atoms with van der Waals surface area (Å²) in [6.07, 6.45) is 0.770. The molecule has 1 aliphatic heterocycles. The molecule has 1 atom stereocenters. The molecule has 2 heterocycles. The molecule has 2 N–H and O–H groups in total. The summed E-state index contributed by atoms with van der Waals surface area (Å²) in [5.41, 5.74) is 2.63. The van der Waals surface area contributed by atoms with Gasteiger partial charge in [0.25, 0.3) is 0 Å². The fraction of sp³-hybridized carbons (Fsp3) is 0.308. The topological polar surface area (TPSA) is 54.1 Å². The highest BCUT2D eigenvalue weighted by Crippen LogP contribution is 2.30. The monoisotopic (exact) mass is 248 g/mol. The van der Waals surface area contributed by atoms with Crippen LogP contribution in [0.2, 0.25) is 0 Å². The Hall–Kier alpha value is -1.88. The van der Waals surface area contributed by atoms with Gasteiger partial charge in [-0.1, -0.05) is 0 Å². The second-order valence-corrected chi connectivity index (χ2v) is 4.37. The fourth-order valence-corrected chi connectivity index (χ4v) is 2.52. The zero-order chi connectivity index (χ0) is 12.7. The van der Waals surface area contributed by atoms with E-state index >= 15 is 0 Å². The Labute approximate surface area is 103 Å². The summed E-state index contributed by atoms with van der Waals surface area (Å²) in [4.78, 5) is 14.9. The average molecular weight is 248 g/mol. The van der Waals surface area contributed by atoms with Crippen LogP contribution in [0.1, 0.15) is 17.3 Å². The van der Waals surface area contributed by atoms with Crippen molar-refractivity contribution >= 4 is 16.9 Å². The molecule has 0 fully saturated rings. The molecule has 0 saturated heterocycles. The van der Waals surface area contributed by atoms with E-state index in [9.17, 15) is 9.18 Å². The van der Waals surface area contributed by atoms with E-state index in [1.54, 1.807) is 6.07 Å². The number of halogens is 1. The largest absolute Gasteiger partial charge is 0.468 e. The van der Waals surface area contributed by atoms with Crippen LogP contribution >= 0.6 is 0 Å². The summed E-state index contributed by atoms with van der Waals surface area (Å²) in [5.74, 6) is -0.597. The quantitative estimate of drug-likeness (QED) is 0.755. The SMILES string of the molecule is COC(=O)C1NCCc2c1[nH]c1ccc(F)cc21. The lowest BCUT2D eigenvalue weighted by molar-refractivity contribution is -0.143. The van der Waals surface area contributed by atoms with Crippen molar-refractivity contribution in [2.24, 2.45) is 0 Å². The van der Waals surface area contributed by atoms with Crippen molar-refractivity contribution in [3.63, 3.8) is 0 Å². The van der Waals surface area contributed by atoms with Gasteiger partial charge in [-0.15, -0.1) is 0 Å². The Morgan fingerprint density at radius 1 is 1.50 bits per heavy atom. The molecule has 0 amide bonds. The van der Waals surface area contributed by atoms with E-state index in [1.165, 1.54) is 19.2 Å². The average Bonchev–Trinajstić information content (AvgIpc) is 2.75. The van der Waals surface area contributed by atoms with E-state index in [1.807, 2.05) is 0 Å². The van der Waals surface area contributed by atoms with Crippen molar-refractivity contribution in [3.05, 3.63) is 35.3 Å². The van der Waals surface area contributed by atoms with Gasteiger partial charge in [0.1, 0.15) is 11.9 Å². The van der Waals surface area contributed by atoms with Crippen LogP contribution < -0.4 is 5.32 Å². The maximum atomic E-state index is 13.3. The molecule has 1 aromatic heterocycles. The lowest BCUT2D eigenvalue weighted by Gasteiger charge is -2.21. The third kappa shape index (κ3) is 1.59. The Bertz CT molecular complexity index is 621. The summed E-state index contributed by atoms with van der Waals surface area (Å²) >= 11 is 0. The number of esters is 1. The van der Waals surface area contributed by atoms with E-state index in [2.05, 4.69) is 10.3 Å². The molecule has 0 radical (unpaired) electrons. The summed E-state index contributed by atoms with van der Waals surface area (Å²) in [6, 6.07) is 4.11. The number of aromatic amines is 1. The molecule has 4 nitrogen and oxygen atoms in total. The zero-order valence-electron chi connectivity index (χ0n) is 9.92. The molecule has 0 saturated carbocycles. The van der Waals surface area contributed by atoms with Crippen molar-refractivity contribution in [1.82, 2.24) is 10.3 Å². The predicted octanol–water partition coefficient (Wildman–Crippen LogP) is 1.67. The molecule has 1 unspecified atom stereocenters. The summed E-state index contributed by atoms with van der Waals surface area (Å²) in [7, 11) is 1.36. The molecule has 1 aliphatic rings. The van der Waals surface area contributed by atoms with Gasteiger partial charge in [0, 0.05) is 23.1 Å². The Kier molecular flexibility index (Phi) is 2.56. The van der Waals surface area contributed by atoms with Gasteiger partial charge in [-0.3, -0.25) is 5.32 Å². The van der Waals surface area contributed by atoms with Crippen LogP contribution in [0.5, 0.6) is 0 Å². The first kappa shape index (κ1) is 11.2. The van der Waals surface area contributed by atoms with Gasteiger partial charge >= 0.3 is 5.97 Å². The van der Waals surface area contributed by atoms with Gasteiger partial charge in [-0.05, 0) is 30.2 Å². The zero-order valence-corrected chi connectivity index (χ0v) is 9.92. The number of fused-ring (bicyclic) bond motifs is 3. The minimum Gasteiger partial charge on any atom is -0.468 e. The van der Waals surface area contributed by atoms with Crippen molar-refractivity contribution in [1.29, 1.82) is 0 Å². The molecule has 0 aliphatic carbocycles. The van der Waals surface area contributed by atoms with Crippen LogP contribution in [0.15, 0.2) is 18.2 Å². The highest BCUT2D eigenvalue weighted by atomic mass is 19.1. The van der Waals surface area contributed by atoms with E-state index in [0.717, 1.165) is 28.6 Å². The van der Waals surface area contributed by atoms with E-state index in [0.29, 0.717) is 6.54 Å². The van der Waals surface area contributed by atoms with Gasteiger partial charge in [0.2, 0.25) is 0 Å². The van der Waals surface area contributed by atoms with E-state index in [-0.39, 0.29) is 11.8 Å². The number of benzene rings is 1. The summed E-state index contributed by atoms with van der Waals surface area (Å²) in [5, 5.41) is 3.95.